The third kappa shape index (κ3) is 2.60. The molecule has 1 rings (SSSR count). The summed E-state index contributed by atoms with van der Waals surface area (Å²) in [6.07, 6.45) is 0. The minimum atomic E-state index is -0.132. The Hall–Kier alpha value is -0.230. The van der Waals surface area contributed by atoms with Crippen molar-refractivity contribution in [2.75, 3.05) is 11.1 Å². The van der Waals surface area contributed by atoms with Crippen LogP contribution in [-0.2, 0) is 0 Å². The topological polar surface area (TPSA) is 50.7 Å². The maximum absolute atomic E-state index is 11.3. The third-order valence-electron chi connectivity index (χ3n) is 1.50. The molecular formula is C7H12BrN3OS. The van der Waals surface area contributed by atoms with Gasteiger partial charge >= 0.3 is 5.69 Å². The van der Waals surface area contributed by atoms with Gasteiger partial charge in [-0.05, 0) is 13.8 Å². The maximum atomic E-state index is 11.3. The van der Waals surface area contributed by atoms with Gasteiger partial charge in [-0.15, -0.1) is 5.10 Å². The van der Waals surface area contributed by atoms with Crippen molar-refractivity contribution in [3.05, 3.63) is 10.5 Å². The van der Waals surface area contributed by atoms with Crippen LogP contribution in [0.2, 0.25) is 0 Å². The van der Waals surface area contributed by atoms with Gasteiger partial charge in [0, 0.05) is 17.1 Å². The lowest BCUT2D eigenvalue weighted by Crippen LogP contribution is -2.19. The largest absolute Gasteiger partial charge is 0.344 e. The standard InChI is InChI=1S/C7H12BrN3OS/c1-5(2)11-6(12)9-10-7(11)13-4-3-8/h5H,3-4H2,1-2H3,(H,9,12). The summed E-state index contributed by atoms with van der Waals surface area (Å²) in [5.74, 6) is 0.914. The molecule has 0 bridgehead atoms. The number of H-pyrrole nitrogens is 1. The highest BCUT2D eigenvalue weighted by Crippen LogP contribution is 2.16. The van der Waals surface area contributed by atoms with Gasteiger partial charge in [-0.25, -0.2) is 9.89 Å². The summed E-state index contributed by atoms with van der Waals surface area (Å²) in [5, 5.41) is 8.05. The molecular weight excluding hydrogens is 254 g/mol. The van der Waals surface area contributed by atoms with Crippen molar-refractivity contribution in [2.24, 2.45) is 0 Å². The highest BCUT2D eigenvalue weighted by atomic mass is 79.9. The molecule has 4 nitrogen and oxygen atoms in total. The van der Waals surface area contributed by atoms with E-state index in [0.717, 1.165) is 16.2 Å². The molecule has 0 aromatic carbocycles. The Labute approximate surface area is 89.2 Å². The molecule has 0 aliphatic carbocycles. The van der Waals surface area contributed by atoms with Crippen molar-refractivity contribution in [3.63, 3.8) is 0 Å². The molecule has 0 amide bonds. The van der Waals surface area contributed by atoms with Crippen LogP contribution >= 0.6 is 27.7 Å². The fraction of sp³-hybridized carbons (Fsp3) is 0.714. The number of thioether (sulfide) groups is 1. The van der Waals surface area contributed by atoms with Gasteiger partial charge in [0.25, 0.3) is 0 Å². The Morgan fingerprint density at radius 2 is 2.38 bits per heavy atom. The van der Waals surface area contributed by atoms with Gasteiger partial charge in [-0.2, -0.15) is 0 Å². The first-order chi connectivity index (χ1) is 6.16. The maximum Gasteiger partial charge on any atom is 0.344 e. The van der Waals surface area contributed by atoms with Crippen molar-refractivity contribution in [2.45, 2.75) is 25.0 Å². The Balaban J connectivity index is 2.87. The molecule has 0 unspecified atom stereocenters. The first kappa shape index (κ1) is 10.8. The van der Waals surface area contributed by atoms with Gasteiger partial charge in [-0.3, -0.25) is 4.57 Å². The molecule has 0 aliphatic heterocycles. The molecule has 6 heteroatoms. The smallest absolute Gasteiger partial charge is 0.268 e. The number of nitrogens with zero attached hydrogens (tertiary/aromatic N) is 2. The van der Waals surface area contributed by atoms with E-state index in [9.17, 15) is 4.79 Å². The molecule has 0 fully saturated rings. The zero-order chi connectivity index (χ0) is 9.84. The Bertz CT molecular complexity index is 320. The second-order valence-electron chi connectivity index (χ2n) is 2.81. The van der Waals surface area contributed by atoms with Crippen molar-refractivity contribution >= 4 is 27.7 Å². The number of aromatic amines is 1. The summed E-state index contributed by atoms with van der Waals surface area (Å²) < 4.78 is 1.66. The van der Waals surface area contributed by atoms with Crippen molar-refractivity contribution in [1.29, 1.82) is 0 Å². The quantitative estimate of drug-likeness (QED) is 0.665. The van der Waals surface area contributed by atoms with E-state index < -0.39 is 0 Å². The van der Waals surface area contributed by atoms with E-state index in [2.05, 4.69) is 26.1 Å². The summed E-state index contributed by atoms with van der Waals surface area (Å²) in [5.41, 5.74) is -0.132. The third-order valence-corrected chi connectivity index (χ3v) is 3.37. The molecule has 1 aromatic rings. The zero-order valence-corrected chi connectivity index (χ0v) is 9.98. The average Bonchev–Trinajstić information content (AvgIpc) is 2.43. The van der Waals surface area contributed by atoms with Crippen LogP contribution in [0, 0.1) is 0 Å². The first-order valence-electron chi connectivity index (χ1n) is 4.02. The predicted octanol–water partition coefficient (Wildman–Crippen LogP) is 1.64. The van der Waals surface area contributed by atoms with Crippen LogP contribution in [0.5, 0.6) is 0 Å². The molecule has 0 aliphatic rings. The molecule has 1 aromatic heterocycles. The van der Waals surface area contributed by atoms with E-state index in [1.807, 2.05) is 13.8 Å². The van der Waals surface area contributed by atoms with E-state index >= 15 is 0 Å². The summed E-state index contributed by atoms with van der Waals surface area (Å²) >= 11 is 4.90. The van der Waals surface area contributed by atoms with Crippen molar-refractivity contribution in [1.82, 2.24) is 14.8 Å². The summed E-state index contributed by atoms with van der Waals surface area (Å²) in [6.45, 7) is 3.93. The lowest BCUT2D eigenvalue weighted by Gasteiger charge is -2.07. The normalized spacial score (nSPS) is 11.1. The van der Waals surface area contributed by atoms with Gasteiger partial charge < -0.3 is 0 Å². The molecule has 13 heavy (non-hydrogen) atoms. The molecule has 1 N–H and O–H groups in total. The van der Waals surface area contributed by atoms with E-state index in [4.69, 9.17) is 0 Å². The van der Waals surface area contributed by atoms with Gasteiger partial charge in [0.2, 0.25) is 0 Å². The fourth-order valence-electron chi connectivity index (χ4n) is 0.977. The highest BCUT2D eigenvalue weighted by Gasteiger charge is 2.10. The Kier molecular flexibility index (Phi) is 4.05. The van der Waals surface area contributed by atoms with Gasteiger partial charge in [0.05, 0.1) is 0 Å². The molecule has 0 radical (unpaired) electrons. The van der Waals surface area contributed by atoms with E-state index in [-0.39, 0.29) is 11.7 Å². The Morgan fingerprint density at radius 1 is 1.69 bits per heavy atom. The molecule has 1 heterocycles. The van der Waals surface area contributed by atoms with E-state index in [1.165, 1.54) is 0 Å². The molecule has 0 spiro atoms. The number of aromatic nitrogens is 3. The second kappa shape index (κ2) is 4.85. The Morgan fingerprint density at radius 3 is 2.92 bits per heavy atom. The van der Waals surface area contributed by atoms with Gasteiger partial charge in [0.15, 0.2) is 5.16 Å². The van der Waals surface area contributed by atoms with Crippen LogP contribution in [0.4, 0.5) is 0 Å². The molecule has 0 atom stereocenters. The summed E-state index contributed by atoms with van der Waals surface area (Å²) in [6, 6.07) is 0.157. The summed E-state index contributed by atoms with van der Waals surface area (Å²) in [7, 11) is 0. The SMILES string of the molecule is CC(C)n1c(SCCBr)n[nH]c1=O. The lowest BCUT2D eigenvalue weighted by molar-refractivity contribution is 0.534. The lowest BCUT2D eigenvalue weighted by atomic mass is 10.4. The number of halogens is 1. The van der Waals surface area contributed by atoms with E-state index in [0.29, 0.717) is 0 Å². The molecule has 0 saturated carbocycles. The van der Waals surface area contributed by atoms with Gasteiger partial charge in [-0.1, -0.05) is 27.7 Å². The van der Waals surface area contributed by atoms with Gasteiger partial charge in [0.1, 0.15) is 0 Å². The number of nitrogens with one attached hydrogen (secondary N) is 1. The summed E-state index contributed by atoms with van der Waals surface area (Å²) in [4.78, 5) is 11.3. The van der Waals surface area contributed by atoms with E-state index in [1.54, 1.807) is 16.3 Å². The monoisotopic (exact) mass is 265 g/mol. The highest BCUT2D eigenvalue weighted by molar-refractivity contribution is 9.09. The number of alkyl halides is 1. The second-order valence-corrected chi connectivity index (χ2v) is 4.67. The fourth-order valence-corrected chi connectivity index (χ4v) is 2.27. The number of hydrogen-bond donors (Lipinski definition) is 1. The number of rotatable bonds is 4. The van der Waals surface area contributed by atoms with Crippen LogP contribution in [0.25, 0.3) is 0 Å². The molecule has 0 saturated heterocycles. The number of hydrogen-bond acceptors (Lipinski definition) is 3. The van der Waals surface area contributed by atoms with Crippen molar-refractivity contribution < 1.29 is 0 Å². The first-order valence-corrected chi connectivity index (χ1v) is 6.13. The molecule has 74 valence electrons. The van der Waals surface area contributed by atoms with Crippen molar-refractivity contribution in [3.8, 4) is 0 Å². The minimum absolute atomic E-state index is 0.132. The van der Waals surface area contributed by atoms with Crippen LogP contribution in [0.3, 0.4) is 0 Å². The zero-order valence-electron chi connectivity index (χ0n) is 7.58. The van der Waals surface area contributed by atoms with Crippen LogP contribution < -0.4 is 5.69 Å². The van der Waals surface area contributed by atoms with Crippen LogP contribution in [-0.4, -0.2) is 25.8 Å². The average molecular weight is 266 g/mol. The van der Waals surface area contributed by atoms with Crippen LogP contribution in [0.15, 0.2) is 9.95 Å². The minimum Gasteiger partial charge on any atom is -0.268 e. The predicted molar refractivity (Wildman–Crippen MR) is 57.8 cm³/mol. The van der Waals surface area contributed by atoms with Crippen LogP contribution in [0.1, 0.15) is 19.9 Å².